The summed E-state index contributed by atoms with van der Waals surface area (Å²) in [5, 5.41) is 1.62. The molecule has 0 radical (unpaired) electrons. The van der Waals surface area contributed by atoms with E-state index in [1.165, 1.54) is 0 Å². The first-order chi connectivity index (χ1) is 14.6. The maximum absolute atomic E-state index is 13.3. The Balaban J connectivity index is 1.91. The van der Waals surface area contributed by atoms with Crippen LogP contribution in [0.3, 0.4) is 0 Å². The van der Waals surface area contributed by atoms with Crippen LogP contribution in [-0.4, -0.2) is 23.8 Å². The maximum Gasteiger partial charge on any atom is 0.261 e. The molecular formula is C24H28N4O2S. The van der Waals surface area contributed by atoms with Crippen molar-refractivity contribution in [2.75, 3.05) is 0 Å². The molecule has 2 atom stereocenters. The summed E-state index contributed by atoms with van der Waals surface area (Å²) < 4.78 is 17.1. The molecular weight excluding hydrogens is 408 g/mol. The zero-order valence-electron chi connectivity index (χ0n) is 18.7. The van der Waals surface area contributed by atoms with Crippen molar-refractivity contribution in [3.63, 3.8) is 0 Å². The minimum absolute atomic E-state index is 0.104. The van der Waals surface area contributed by atoms with E-state index in [2.05, 4.69) is 9.71 Å². The molecule has 2 aromatic heterocycles. The molecule has 2 unspecified atom stereocenters. The third-order valence-electron chi connectivity index (χ3n) is 5.43. The van der Waals surface area contributed by atoms with Gasteiger partial charge in [-0.25, -0.2) is 4.98 Å². The molecule has 0 aliphatic rings. The van der Waals surface area contributed by atoms with Crippen molar-refractivity contribution in [2.45, 2.75) is 45.4 Å². The zero-order chi connectivity index (χ0) is 22.5. The van der Waals surface area contributed by atoms with Gasteiger partial charge in [0.2, 0.25) is 0 Å². The molecule has 162 valence electrons. The average molecular weight is 437 g/mol. The van der Waals surface area contributed by atoms with Gasteiger partial charge in [0, 0.05) is 34.9 Å². The number of benzene rings is 2. The molecule has 4 rings (SSSR count). The molecule has 4 aromatic rings. The number of nitrogens with zero attached hydrogens (tertiary/aromatic N) is 2. The van der Waals surface area contributed by atoms with Crippen LogP contribution in [0.2, 0.25) is 0 Å². The van der Waals surface area contributed by atoms with Crippen LogP contribution in [0.25, 0.3) is 33.3 Å². The summed E-state index contributed by atoms with van der Waals surface area (Å²) in [4.78, 5) is 21.6. The van der Waals surface area contributed by atoms with E-state index >= 15 is 0 Å². The minimum atomic E-state index is -1.25. The molecule has 0 fully saturated rings. The number of rotatable bonds is 4. The second-order valence-electron chi connectivity index (χ2n) is 9.04. The van der Waals surface area contributed by atoms with Gasteiger partial charge in [0.1, 0.15) is 4.75 Å². The van der Waals surface area contributed by atoms with Crippen LogP contribution in [0, 0.1) is 6.92 Å². The Kier molecular flexibility index (Phi) is 5.45. The third kappa shape index (κ3) is 4.01. The van der Waals surface area contributed by atoms with Gasteiger partial charge < -0.3 is 9.54 Å². The number of aryl methyl sites for hydroxylation is 1. The number of aromatic amines is 1. The molecule has 2 aromatic carbocycles. The van der Waals surface area contributed by atoms with Crippen LogP contribution in [0.15, 0.2) is 47.3 Å². The Hall–Kier alpha value is -2.61. The highest BCUT2D eigenvalue weighted by Crippen LogP contribution is 2.28. The van der Waals surface area contributed by atoms with Crippen molar-refractivity contribution in [1.82, 2.24) is 19.3 Å². The molecule has 0 bridgehead atoms. The number of fused-ring (bicyclic) bond motifs is 2. The Morgan fingerprint density at radius 1 is 1.19 bits per heavy atom. The lowest BCUT2D eigenvalue weighted by Gasteiger charge is -2.27. The van der Waals surface area contributed by atoms with E-state index in [0.29, 0.717) is 16.7 Å². The zero-order valence-corrected chi connectivity index (χ0v) is 19.6. The fraction of sp³-hybridized carbons (Fsp3) is 0.333. The van der Waals surface area contributed by atoms with Gasteiger partial charge in [0.15, 0.2) is 5.82 Å². The van der Waals surface area contributed by atoms with Crippen LogP contribution in [0.1, 0.15) is 44.9 Å². The van der Waals surface area contributed by atoms with Crippen molar-refractivity contribution in [1.29, 1.82) is 0 Å². The Morgan fingerprint density at radius 2 is 1.90 bits per heavy atom. The van der Waals surface area contributed by atoms with Gasteiger partial charge in [-0.15, -0.1) is 4.72 Å². The molecule has 2 heterocycles. The second kappa shape index (κ2) is 7.82. The van der Waals surface area contributed by atoms with Gasteiger partial charge in [0.25, 0.3) is 5.56 Å². The third-order valence-corrected chi connectivity index (χ3v) is 7.11. The van der Waals surface area contributed by atoms with Gasteiger partial charge >= 0.3 is 0 Å². The van der Waals surface area contributed by atoms with E-state index in [1.807, 2.05) is 77.1 Å². The molecule has 0 aliphatic carbocycles. The number of aromatic nitrogens is 3. The highest BCUT2D eigenvalue weighted by atomic mass is 32.2. The van der Waals surface area contributed by atoms with E-state index in [1.54, 1.807) is 11.6 Å². The standard InChI is InChI=1S/C24H28N4O2S/c1-14-11-17(15(2)27-31(30)24(3,4)5)21-18(12-14)23(29)28(6)22(26-21)20-13-16-9-7-8-10-19(16)25-20/h7-13,15,25,27H,1-6H3. The minimum Gasteiger partial charge on any atom is -0.598 e. The van der Waals surface area contributed by atoms with Crippen molar-refractivity contribution in [2.24, 2.45) is 7.05 Å². The van der Waals surface area contributed by atoms with Gasteiger partial charge in [-0.2, -0.15) is 0 Å². The number of hydrogen-bond acceptors (Lipinski definition) is 4. The smallest absolute Gasteiger partial charge is 0.261 e. The summed E-state index contributed by atoms with van der Waals surface area (Å²) in [6.45, 7) is 9.71. The first-order valence-corrected chi connectivity index (χ1v) is 11.5. The largest absolute Gasteiger partial charge is 0.598 e. The van der Waals surface area contributed by atoms with Gasteiger partial charge in [-0.1, -0.05) is 24.3 Å². The van der Waals surface area contributed by atoms with Crippen LogP contribution in [0.4, 0.5) is 0 Å². The first kappa shape index (κ1) is 21.6. The summed E-state index contributed by atoms with van der Waals surface area (Å²) in [6, 6.07) is 13.6. The number of H-pyrrole nitrogens is 1. The molecule has 0 aliphatic heterocycles. The summed E-state index contributed by atoms with van der Waals surface area (Å²) in [7, 11) is 1.74. The second-order valence-corrected chi connectivity index (χ2v) is 11.0. The molecule has 0 saturated heterocycles. The topological polar surface area (TPSA) is 85.8 Å². The molecule has 2 N–H and O–H groups in total. The normalized spacial score (nSPS) is 14.3. The Morgan fingerprint density at radius 3 is 2.58 bits per heavy atom. The molecule has 31 heavy (non-hydrogen) atoms. The fourth-order valence-corrected chi connectivity index (χ4v) is 4.52. The number of nitrogens with one attached hydrogen (secondary N) is 2. The molecule has 6 nitrogen and oxygen atoms in total. The van der Waals surface area contributed by atoms with Gasteiger partial charge in [-0.3, -0.25) is 9.36 Å². The molecule has 7 heteroatoms. The summed E-state index contributed by atoms with van der Waals surface area (Å²) in [5.41, 5.74) is 4.14. The van der Waals surface area contributed by atoms with Crippen molar-refractivity contribution in [3.8, 4) is 11.5 Å². The SMILES string of the molecule is Cc1cc(C(C)N[S+]([O-])C(C)(C)C)c2nc(-c3cc4ccccc4[nH]3)n(C)c(=O)c2c1. The maximum atomic E-state index is 13.3. The fourth-order valence-electron chi connectivity index (χ4n) is 3.72. The molecule has 0 amide bonds. The number of hydrogen-bond donors (Lipinski definition) is 2. The van der Waals surface area contributed by atoms with Gasteiger partial charge in [-0.05, 0) is 58.4 Å². The van der Waals surface area contributed by atoms with E-state index in [9.17, 15) is 9.35 Å². The highest BCUT2D eigenvalue weighted by molar-refractivity contribution is 7.90. The summed E-state index contributed by atoms with van der Waals surface area (Å²) >= 11 is -1.25. The van der Waals surface area contributed by atoms with Crippen molar-refractivity contribution in [3.05, 3.63) is 63.9 Å². The van der Waals surface area contributed by atoms with E-state index in [0.717, 1.165) is 27.7 Å². The number of para-hydroxylation sites is 1. The molecule has 0 spiro atoms. The lowest BCUT2D eigenvalue weighted by molar-refractivity contribution is 0.531. The van der Waals surface area contributed by atoms with Gasteiger partial charge in [0.05, 0.1) is 22.6 Å². The van der Waals surface area contributed by atoms with E-state index < -0.39 is 16.1 Å². The van der Waals surface area contributed by atoms with Crippen LogP contribution in [0.5, 0.6) is 0 Å². The van der Waals surface area contributed by atoms with Crippen LogP contribution in [-0.2, 0) is 18.4 Å². The van der Waals surface area contributed by atoms with E-state index in [4.69, 9.17) is 4.98 Å². The van der Waals surface area contributed by atoms with Crippen molar-refractivity contribution < 1.29 is 4.55 Å². The van der Waals surface area contributed by atoms with Crippen LogP contribution < -0.4 is 10.3 Å². The monoisotopic (exact) mass is 436 g/mol. The lowest BCUT2D eigenvalue weighted by atomic mass is 10.0. The summed E-state index contributed by atoms with van der Waals surface area (Å²) in [5.74, 6) is 0.572. The highest BCUT2D eigenvalue weighted by Gasteiger charge is 2.29. The predicted molar refractivity (Wildman–Crippen MR) is 128 cm³/mol. The summed E-state index contributed by atoms with van der Waals surface area (Å²) in [6.07, 6.45) is 0. The quantitative estimate of drug-likeness (QED) is 0.461. The first-order valence-electron chi connectivity index (χ1n) is 10.3. The van der Waals surface area contributed by atoms with Crippen molar-refractivity contribution >= 4 is 33.2 Å². The van der Waals surface area contributed by atoms with E-state index in [-0.39, 0.29) is 11.6 Å². The predicted octanol–water partition coefficient (Wildman–Crippen LogP) is 4.50. The average Bonchev–Trinajstić information content (AvgIpc) is 3.13. The lowest BCUT2D eigenvalue weighted by Crippen LogP contribution is -2.40. The van der Waals surface area contributed by atoms with Crippen LogP contribution >= 0.6 is 0 Å². The molecule has 0 saturated carbocycles. The Labute approximate surface area is 185 Å². The Bertz CT molecular complexity index is 1300.